The normalized spacial score (nSPS) is 11.6. The standard InChI is InChI=1S/C14H22N4O2/c1-4-7-16-13(19)10(3)17-14(20)12-6-5-11(18-15)8-9(12)2/h5-6,8,10,18H,4,7,15H2,1-3H3,(H,16,19)(H,17,20). The minimum atomic E-state index is -0.569. The Morgan fingerprint density at radius 2 is 2.05 bits per heavy atom. The van der Waals surface area contributed by atoms with Crippen molar-refractivity contribution in [1.29, 1.82) is 0 Å². The number of nitrogen functional groups attached to an aromatic ring is 1. The van der Waals surface area contributed by atoms with Gasteiger partial charge in [0.15, 0.2) is 0 Å². The van der Waals surface area contributed by atoms with Crippen molar-refractivity contribution in [2.75, 3.05) is 12.0 Å². The Morgan fingerprint density at radius 3 is 2.60 bits per heavy atom. The van der Waals surface area contributed by atoms with Crippen molar-refractivity contribution >= 4 is 17.5 Å². The van der Waals surface area contributed by atoms with Crippen LogP contribution in [0.3, 0.4) is 0 Å². The summed E-state index contributed by atoms with van der Waals surface area (Å²) in [7, 11) is 0. The quantitative estimate of drug-likeness (QED) is 0.459. The van der Waals surface area contributed by atoms with Gasteiger partial charge in [0.05, 0.1) is 0 Å². The van der Waals surface area contributed by atoms with Gasteiger partial charge >= 0.3 is 0 Å². The minimum Gasteiger partial charge on any atom is -0.354 e. The molecule has 6 heteroatoms. The molecule has 0 saturated carbocycles. The number of nitrogens with one attached hydrogen (secondary N) is 3. The first kappa shape index (κ1) is 16.0. The fourth-order valence-corrected chi connectivity index (χ4v) is 1.75. The molecule has 0 aliphatic carbocycles. The van der Waals surface area contributed by atoms with Crippen LogP contribution < -0.4 is 21.9 Å². The third-order valence-electron chi connectivity index (χ3n) is 2.93. The highest BCUT2D eigenvalue weighted by molar-refractivity contribution is 5.98. The zero-order valence-corrected chi connectivity index (χ0v) is 12.1. The topological polar surface area (TPSA) is 96.2 Å². The van der Waals surface area contributed by atoms with Gasteiger partial charge in [-0.15, -0.1) is 0 Å². The first-order chi connectivity index (χ1) is 9.49. The van der Waals surface area contributed by atoms with E-state index in [4.69, 9.17) is 5.84 Å². The Kier molecular flexibility index (Phi) is 5.99. The lowest BCUT2D eigenvalue weighted by Crippen LogP contribution is -2.45. The Bertz CT molecular complexity index is 488. The number of carbonyl (C=O) groups excluding carboxylic acids is 2. The maximum Gasteiger partial charge on any atom is 0.252 e. The summed E-state index contributed by atoms with van der Waals surface area (Å²) in [6, 6.07) is 4.59. The SMILES string of the molecule is CCCNC(=O)C(C)NC(=O)c1ccc(NN)cc1C. The molecule has 110 valence electrons. The van der Waals surface area contributed by atoms with E-state index in [-0.39, 0.29) is 11.8 Å². The molecule has 20 heavy (non-hydrogen) atoms. The van der Waals surface area contributed by atoms with E-state index in [2.05, 4.69) is 16.1 Å². The Morgan fingerprint density at radius 1 is 1.35 bits per heavy atom. The van der Waals surface area contributed by atoms with Gasteiger partial charge in [0.2, 0.25) is 5.91 Å². The lowest BCUT2D eigenvalue weighted by Gasteiger charge is -2.15. The van der Waals surface area contributed by atoms with Crippen LogP contribution >= 0.6 is 0 Å². The Hall–Kier alpha value is -2.08. The van der Waals surface area contributed by atoms with E-state index in [0.29, 0.717) is 12.1 Å². The van der Waals surface area contributed by atoms with Gasteiger partial charge < -0.3 is 16.1 Å². The van der Waals surface area contributed by atoms with Crippen molar-refractivity contribution in [2.45, 2.75) is 33.2 Å². The van der Waals surface area contributed by atoms with Crippen molar-refractivity contribution in [3.05, 3.63) is 29.3 Å². The molecule has 0 saturated heterocycles. The molecule has 0 aliphatic heterocycles. The van der Waals surface area contributed by atoms with Crippen LogP contribution in [0.2, 0.25) is 0 Å². The van der Waals surface area contributed by atoms with Crippen molar-refractivity contribution in [3.63, 3.8) is 0 Å². The minimum absolute atomic E-state index is 0.182. The van der Waals surface area contributed by atoms with Crippen LogP contribution in [-0.2, 0) is 4.79 Å². The molecule has 0 fully saturated rings. The fraction of sp³-hybridized carbons (Fsp3) is 0.429. The summed E-state index contributed by atoms with van der Waals surface area (Å²) in [5.41, 5.74) is 4.57. The third kappa shape index (κ3) is 4.24. The lowest BCUT2D eigenvalue weighted by molar-refractivity contribution is -0.122. The zero-order chi connectivity index (χ0) is 15.1. The average Bonchev–Trinajstić information content (AvgIpc) is 2.44. The van der Waals surface area contributed by atoms with Crippen molar-refractivity contribution in [3.8, 4) is 0 Å². The molecule has 1 aromatic rings. The fourth-order valence-electron chi connectivity index (χ4n) is 1.75. The number of carbonyl (C=O) groups is 2. The number of amides is 2. The van der Waals surface area contributed by atoms with E-state index in [0.717, 1.165) is 17.7 Å². The second kappa shape index (κ2) is 7.49. The molecule has 5 N–H and O–H groups in total. The molecule has 0 spiro atoms. The molecule has 1 rings (SSSR count). The monoisotopic (exact) mass is 278 g/mol. The molecule has 0 radical (unpaired) electrons. The predicted octanol–water partition coefficient (Wildman–Crippen LogP) is 0.925. The summed E-state index contributed by atoms with van der Waals surface area (Å²) >= 11 is 0. The maximum absolute atomic E-state index is 12.1. The van der Waals surface area contributed by atoms with Crippen LogP contribution in [0.1, 0.15) is 36.2 Å². The van der Waals surface area contributed by atoms with Gasteiger partial charge in [-0.1, -0.05) is 6.92 Å². The van der Waals surface area contributed by atoms with Gasteiger partial charge in [0.25, 0.3) is 5.91 Å². The second-order valence-electron chi connectivity index (χ2n) is 4.66. The first-order valence-electron chi connectivity index (χ1n) is 6.65. The number of hydrazine groups is 1. The van der Waals surface area contributed by atoms with Gasteiger partial charge in [-0.3, -0.25) is 15.4 Å². The van der Waals surface area contributed by atoms with E-state index in [1.807, 2.05) is 13.8 Å². The number of rotatable bonds is 6. The van der Waals surface area contributed by atoms with E-state index in [1.165, 1.54) is 0 Å². The largest absolute Gasteiger partial charge is 0.354 e. The molecular weight excluding hydrogens is 256 g/mol. The van der Waals surface area contributed by atoms with Crippen LogP contribution in [-0.4, -0.2) is 24.4 Å². The smallest absolute Gasteiger partial charge is 0.252 e. The van der Waals surface area contributed by atoms with E-state index in [1.54, 1.807) is 25.1 Å². The maximum atomic E-state index is 12.1. The van der Waals surface area contributed by atoms with Crippen LogP contribution in [0.4, 0.5) is 5.69 Å². The molecule has 1 aromatic carbocycles. The molecule has 6 nitrogen and oxygen atoms in total. The summed E-state index contributed by atoms with van der Waals surface area (Å²) in [5, 5.41) is 5.42. The predicted molar refractivity (Wildman–Crippen MR) is 79.2 cm³/mol. The molecule has 0 bridgehead atoms. The highest BCUT2D eigenvalue weighted by Gasteiger charge is 2.17. The highest BCUT2D eigenvalue weighted by atomic mass is 16.2. The van der Waals surface area contributed by atoms with E-state index in [9.17, 15) is 9.59 Å². The molecule has 1 unspecified atom stereocenters. The van der Waals surface area contributed by atoms with E-state index >= 15 is 0 Å². The van der Waals surface area contributed by atoms with Crippen molar-refractivity contribution in [1.82, 2.24) is 10.6 Å². The number of aryl methyl sites for hydroxylation is 1. The van der Waals surface area contributed by atoms with E-state index < -0.39 is 6.04 Å². The summed E-state index contributed by atoms with van der Waals surface area (Å²) in [6.07, 6.45) is 0.860. The third-order valence-corrected chi connectivity index (χ3v) is 2.93. The second-order valence-corrected chi connectivity index (χ2v) is 4.66. The number of benzene rings is 1. The lowest BCUT2D eigenvalue weighted by atomic mass is 10.1. The molecular formula is C14H22N4O2. The summed E-state index contributed by atoms with van der Waals surface area (Å²) in [4.78, 5) is 23.8. The van der Waals surface area contributed by atoms with Crippen LogP contribution in [0.15, 0.2) is 18.2 Å². The summed E-state index contributed by atoms with van der Waals surface area (Å²) < 4.78 is 0. The number of hydrogen-bond donors (Lipinski definition) is 4. The molecule has 1 atom stereocenters. The van der Waals surface area contributed by atoms with Crippen LogP contribution in [0.25, 0.3) is 0 Å². The van der Waals surface area contributed by atoms with Crippen molar-refractivity contribution < 1.29 is 9.59 Å². The average molecular weight is 278 g/mol. The molecule has 0 aliphatic rings. The van der Waals surface area contributed by atoms with Gasteiger partial charge in [0, 0.05) is 17.8 Å². The summed E-state index contributed by atoms with van der Waals surface area (Å²) in [5.74, 6) is 4.85. The first-order valence-corrected chi connectivity index (χ1v) is 6.65. The molecule has 0 heterocycles. The molecule has 2 amide bonds. The molecule has 0 aromatic heterocycles. The number of nitrogens with two attached hydrogens (primary N) is 1. The van der Waals surface area contributed by atoms with Gasteiger partial charge in [-0.25, -0.2) is 0 Å². The highest BCUT2D eigenvalue weighted by Crippen LogP contribution is 2.14. The zero-order valence-electron chi connectivity index (χ0n) is 12.1. The van der Waals surface area contributed by atoms with Gasteiger partial charge in [0.1, 0.15) is 6.04 Å². The Balaban J connectivity index is 2.69. The Labute approximate surface area is 119 Å². The van der Waals surface area contributed by atoms with Crippen LogP contribution in [0.5, 0.6) is 0 Å². The number of hydrogen-bond acceptors (Lipinski definition) is 4. The van der Waals surface area contributed by atoms with Crippen molar-refractivity contribution in [2.24, 2.45) is 5.84 Å². The van der Waals surface area contributed by atoms with Gasteiger partial charge in [-0.05, 0) is 44.0 Å². The summed E-state index contributed by atoms with van der Waals surface area (Å²) in [6.45, 7) is 6.06. The van der Waals surface area contributed by atoms with Gasteiger partial charge in [-0.2, -0.15) is 0 Å². The number of anilines is 1. The van der Waals surface area contributed by atoms with Crippen LogP contribution in [0, 0.1) is 6.92 Å².